The molecule has 0 heterocycles. The van der Waals surface area contributed by atoms with E-state index >= 15 is 0 Å². The number of carbonyl (C=O) groups is 2. The minimum absolute atomic E-state index is 0.0587. The van der Waals surface area contributed by atoms with Gasteiger partial charge in [-0.15, -0.1) is 0 Å². The van der Waals surface area contributed by atoms with E-state index in [1.54, 1.807) is 24.3 Å². The van der Waals surface area contributed by atoms with Crippen LogP contribution in [0.5, 0.6) is 0 Å². The Balaban J connectivity index is 1.79. The second-order valence-electron chi connectivity index (χ2n) is 6.80. The van der Waals surface area contributed by atoms with Gasteiger partial charge in [0.25, 0.3) is 5.69 Å². The molecule has 176 valence electrons. The molecule has 3 rings (SSSR count). The third-order valence-corrected chi connectivity index (χ3v) is 5.70. The molecular weight excluding hydrogens is 475 g/mol. The number of hydrogen-bond acceptors (Lipinski definition) is 7. The van der Waals surface area contributed by atoms with Crippen LogP contribution in [0, 0.1) is 10.1 Å². The predicted octanol–water partition coefficient (Wildman–Crippen LogP) is 5.91. The van der Waals surface area contributed by atoms with E-state index in [-0.39, 0.29) is 22.0 Å². The number of ether oxygens (including phenoxy) is 2. The number of rotatable bonds is 7. The second-order valence-corrected chi connectivity index (χ2v) is 7.88. The number of nitro groups is 1. The molecule has 3 aromatic carbocycles. The van der Waals surface area contributed by atoms with Crippen molar-refractivity contribution in [1.82, 2.24) is 0 Å². The van der Waals surface area contributed by atoms with Gasteiger partial charge in [-0.05, 0) is 42.0 Å². The minimum Gasteiger partial charge on any atom is -0.465 e. The zero-order valence-electron chi connectivity index (χ0n) is 17.5. The minimum atomic E-state index is -4.73. The van der Waals surface area contributed by atoms with Crippen LogP contribution >= 0.6 is 11.8 Å². The zero-order valence-corrected chi connectivity index (χ0v) is 18.3. The molecule has 3 aromatic rings. The summed E-state index contributed by atoms with van der Waals surface area (Å²) < 4.78 is 48.8. The molecule has 34 heavy (non-hydrogen) atoms. The monoisotopic (exact) mass is 491 g/mol. The zero-order chi connectivity index (χ0) is 24.9. The summed E-state index contributed by atoms with van der Waals surface area (Å²) in [5, 5.41) is 11.4. The van der Waals surface area contributed by atoms with Crippen molar-refractivity contribution in [3.8, 4) is 0 Å². The Morgan fingerprint density at radius 2 is 1.65 bits per heavy atom. The molecule has 0 radical (unpaired) electrons. The fourth-order valence-electron chi connectivity index (χ4n) is 2.85. The summed E-state index contributed by atoms with van der Waals surface area (Å²) in [6.07, 6.45) is -4.73. The molecule has 0 N–H and O–H groups in total. The van der Waals surface area contributed by atoms with Crippen molar-refractivity contribution in [2.75, 3.05) is 7.11 Å². The Labute approximate surface area is 195 Å². The number of nitrogens with zero attached hydrogens (tertiary/aromatic N) is 1. The summed E-state index contributed by atoms with van der Waals surface area (Å²) in [7, 11) is 1.26. The van der Waals surface area contributed by atoms with Gasteiger partial charge in [0, 0.05) is 11.0 Å². The van der Waals surface area contributed by atoms with E-state index in [0.29, 0.717) is 17.2 Å². The van der Waals surface area contributed by atoms with Gasteiger partial charge in [0.1, 0.15) is 6.61 Å². The molecule has 0 bridgehead atoms. The van der Waals surface area contributed by atoms with Crippen molar-refractivity contribution in [3.63, 3.8) is 0 Å². The Hall–Kier alpha value is -3.86. The first-order valence-corrected chi connectivity index (χ1v) is 10.4. The van der Waals surface area contributed by atoms with Crippen LogP contribution in [0.15, 0.2) is 76.5 Å². The number of nitro benzene ring substituents is 1. The summed E-state index contributed by atoms with van der Waals surface area (Å²) in [4.78, 5) is 34.8. The highest BCUT2D eigenvalue weighted by molar-refractivity contribution is 7.99. The fourth-order valence-corrected chi connectivity index (χ4v) is 3.87. The SMILES string of the molecule is COC(=O)c1ccc(COC(=O)c2ccccc2Sc2ccc(C(F)(F)F)cc2[N+](=O)[O-])cc1. The van der Waals surface area contributed by atoms with Gasteiger partial charge in [0.05, 0.1) is 33.6 Å². The van der Waals surface area contributed by atoms with Crippen LogP contribution in [0.25, 0.3) is 0 Å². The van der Waals surface area contributed by atoms with Gasteiger partial charge in [-0.2, -0.15) is 13.2 Å². The molecule has 0 saturated heterocycles. The third-order valence-electron chi connectivity index (χ3n) is 4.55. The number of carbonyl (C=O) groups excluding carboxylic acids is 2. The molecule has 0 spiro atoms. The van der Waals surface area contributed by atoms with Gasteiger partial charge < -0.3 is 9.47 Å². The number of methoxy groups -OCH3 is 1. The summed E-state index contributed by atoms with van der Waals surface area (Å²) in [6.45, 7) is -0.111. The summed E-state index contributed by atoms with van der Waals surface area (Å²) >= 11 is 0.785. The highest BCUT2D eigenvalue weighted by Gasteiger charge is 2.33. The van der Waals surface area contributed by atoms with Crippen LogP contribution in [-0.2, 0) is 22.3 Å². The molecule has 0 atom stereocenters. The molecule has 0 aliphatic heterocycles. The normalized spacial score (nSPS) is 11.1. The first-order valence-electron chi connectivity index (χ1n) is 9.57. The van der Waals surface area contributed by atoms with Crippen molar-refractivity contribution >= 4 is 29.4 Å². The Morgan fingerprint density at radius 3 is 2.26 bits per heavy atom. The maximum Gasteiger partial charge on any atom is 0.416 e. The Bertz CT molecular complexity index is 1230. The van der Waals surface area contributed by atoms with Crippen molar-refractivity contribution in [2.45, 2.75) is 22.6 Å². The van der Waals surface area contributed by atoms with E-state index < -0.39 is 34.3 Å². The lowest BCUT2D eigenvalue weighted by molar-refractivity contribution is -0.388. The number of halogens is 3. The lowest BCUT2D eigenvalue weighted by Crippen LogP contribution is -2.08. The van der Waals surface area contributed by atoms with Gasteiger partial charge in [0.2, 0.25) is 0 Å². The predicted molar refractivity (Wildman–Crippen MR) is 116 cm³/mol. The fraction of sp³-hybridized carbons (Fsp3) is 0.130. The molecule has 0 unspecified atom stereocenters. The van der Waals surface area contributed by atoms with Gasteiger partial charge >= 0.3 is 18.1 Å². The van der Waals surface area contributed by atoms with Crippen molar-refractivity contribution in [3.05, 3.63) is 99.1 Å². The first-order chi connectivity index (χ1) is 16.1. The molecule has 0 saturated carbocycles. The first kappa shape index (κ1) is 24.8. The number of alkyl halides is 3. The lowest BCUT2D eigenvalue weighted by Gasteiger charge is -2.11. The van der Waals surface area contributed by atoms with Gasteiger partial charge in [0.15, 0.2) is 0 Å². The van der Waals surface area contributed by atoms with Crippen LogP contribution in [0.3, 0.4) is 0 Å². The Morgan fingerprint density at radius 1 is 0.971 bits per heavy atom. The van der Waals surface area contributed by atoms with E-state index in [9.17, 15) is 32.9 Å². The highest BCUT2D eigenvalue weighted by atomic mass is 32.2. The largest absolute Gasteiger partial charge is 0.465 e. The Kier molecular flexibility index (Phi) is 7.57. The molecular formula is C23H16F3NO6S. The van der Waals surface area contributed by atoms with Gasteiger partial charge in [-0.1, -0.05) is 36.0 Å². The van der Waals surface area contributed by atoms with Crippen LogP contribution < -0.4 is 0 Å². The topological polar surface area (TPSA) is 95.7 Å². The van der Waals surface area contributed by atoms with Crippen LogP contribution in [-0.4, -0.2) is 24.0 Å². The second kappa shape index (κ2) is 10.4. The molecule has 0 aliphatic carbocycles. The highest BCUT2D eigenvalue weighted by Crippen LogP contribution is 2.40. The molecule has 7 nitrogen and oxygen atoms in total. The quantitative estimate of drug-likeness (QED) is 0.230. The van der Waals surface area contributed by atoms with Crippen LogP contribution in [0.4, 0.5) is 18.9 Å². The smallest absolute Gasteiger partial charge is 0.416 e. The van der Waals surface area contributed by atoms with E-state index in [0.717, 1.165) is 23.9 Å². The maximum absolute atomic E-state index is 13.0. The summed E-state index contributed by atoms with van der Waals surface area (Å²) in [5.74, 6) is -1.23. The third kappa shape index (κ3) is 5.93. The van der Waals surface area contributed by atoms with E-state index in [2.05, 4.69) is 4.74 Å². The molecule has 0 aliphatic rings. The van der Waals surface area contributed by atoms with E-state index in [1.807, 2.05) is 0 Å². The number of benzene rings is 3. The van der Waals surface area contributed by atoms with Gasteiger partial charge in [-0.3, -0.25) is 10.1 Å². The van der Waals surface area contributed by atoms with E-state index in [1.165, 1.54) is 31.4 Å². The maximum atomic E-state index is 13.0. The standard InChI is InChI=1S/C23H16F3NO6S/c1-32-21(28)15-8-6-14(7-9-15)13-33-22(29)17-4-2-3-5-19(17)34-20-11-10-16(23(24,25)26)12-18(20)27(30)31/h2-12H,13H2,1H3. The van der Waals surface area contributed by atoms with E-state index in [4.69, 9.17) is 4.74 Å². The molecule has 0 fully saturated rings. The summed E-state index contributed by atoms with van der Waals surface area (Å²) in [5.41, 5.74) is -0.849. The van der Waals surface area contributed by atoms with Crippen molar-refractivity contribution in [1.29, 1.82) is 0 Å². The van der Waals surface area contributed by atoms with Crippen LogP contribution in [0.2, 0.25) is 0 Å². The number of esters is 2. The molecule has 0 aromatic heterocycles. The summed E-state index contributed by atoms with van der Waals surface area (Å²) in [6, 6.07) is 14.5. The number of hydrogen-bond donors (Lipinski definition) is 0. The van der Waals surface area contributed by atoms with Gasteiger partial charge in [-0.25, -0.2) is 9.59 Å². The van der Waals surface area contributed by atoms with Crippen molar-refractivity contribution in [2.24, 2.45) is 0 Å². The molecule has 11 heteroatoms. The lowest BCUT2D eigenvalue weighted by atomic mass is 10.1. The molecule has 0 amide bonds. The van der Waals surface area contributed by atoms with Crippen molar-refractivity contribution < 1.29 is 37.2 Å². The average Bonchev–Trinajstić information content (AvgIpc) is 2.82. The van der Waals surface area contributed by atoms with Crippen LogP contribution in [0.1, 0.15) is 31.8 Å². The average molecular weight is 491 g/mol.